The predicted molar refractivity (Wildman–Crippen MR) is 48.4 cm³/mol. The van der Waals surface area contributed by atoms with E-state index in [1.165, 1.54) is 0 Å². The highest BCUT2D eigenvalue weighted by Gasteiger charge is 2.15. The number of Topliss-reactive ketones (excluding diaryl/α,β-unsaturated/α-hetero) is 1. The van der Waals surface area contributed by atoms with Gasteiger partial charge in [0.15, 0.2) is 0 Å². The number of aliphatic carboxylic acids is 1. The summed E-state index contributed by atoms with van der Waals surface area (Å²) in [5.41, 5.74) is 0. The molecule has 0 saturated heterocycles. The number of rotatable bonds is 4. The zero-order valence-electron chi connectivity index (χ0n) is 7.53. The molecule has 3 heteroatoms. The third-order valence-corrected chi connectivity index (χ3v) is 2.19. The van der Waals surface area contributed by atoms with E-state index in [4.69, 9.17) is 5.11 Å². The van der Waals surface area contributed by atoms with Gasteiger partial charge in [0, 0.05) is 6.42 Å². The van der Waals surface area contributed by atoms with Crippen molar-refractivity contribution >= 4 is 11.8 Å². The summed E-state index contributed by atoms with van der Waals surface area (Å²) < 4.78 is 0. The maximum Gasteiger partial charge on any atom is 0.310 e. The Bertz CT molecular complexity index is 230. The summed E-state index contributed by atoms with van der Waals surface area (Å²) in [7, 11) is 0. The van der Waals surface area contributed by atoms with Crippen LogP contribution in [0.15, 0.2) is 12.2 Å². The molecule has 1 aliphatic carbocycles. The Labute approximate surface area is 77.4 Å². The Morgan fingerprint density at radius 3 is 2.77 bits per heavy atom. The zero-order valence-corrected chi connectivity index (χ0v) is 7.53. The van der Waals surface area contributed by atoms with Gasteiger partial charge in [0.2, 0.25) is 0 Å². The second-order valence-electron chi connectivity index (χ2n) is 3.43. The molecule has 1 N–H and O–H groups in total. The summed E-state index contributed by atoms with van der Waals surface area (Å²) >= 11 is 0. The van der Waals surface area contributed by atoms with E-state index in [9.17, 15) is 9.59 Å². The summed E-state index contributed by atoms with van der Waals surface area (Å²) in [4.78, 5) is 21.3. The number of carbonyl (C=O) groups excluding carboxylic acids is 1. The highest BCUT2D eigenvalue weighted by Crippen LogP contribution is 2.20. The van der Waals surface area contributed by atoms with Crippen molar-refractivity contribution in [3.63, 3.8) is 0 Å². The molecule has 0 aromatic heterocycles. The van der Waals surface area contributed by atoms with E-state index in [1.807, 2.05) is 6.08 Å². The third-order valence-electron chi connectivity index (χ3n) is 2.19. The van der Waals surface area contributed by atoms with Gasteiger partial charge in [-0.05, 0) is 25.2 Å². The fourth-order valence-electron chi connectivity index (χ4n) is 1.59. The Kier molecular flexibility index (Phi) is 3.68. The number of carboxylic acids is 1. The van der Waals surface area contributed by atoms with Crippen molar-refractivity contribution in [3.05, 3.63) is 12.2 Å². The lowest BCUT2D eigenvalue weighted by Gasteiger charge is -2.14. The first-order chi connectivity index (χ1) is 6.18. The molecule has 0 heterocycles. The molecule has 0 spiro atoms. The monoisotopic (exact) mass is 182 g/mol. The average Bonchev–Trinajstić information content (AvgIpc) is 2.04. The molecule has 1 rings (SSSR count). The van der Waals surface area contributed by atoms with Crippen LogP contribution in [0.2, 0.25) is 0 Å². The molecule has 0 bridgehead atoms. The standard InChI is InChI=1S/C10H14O3/c11-9(7-10(12)13)6-8-4-2-1-3-5-8/h2,4,8H,1,3,5-7H2,(H,12,13). The predicted octanol–water partition coefficient (Wildman–Crippen LogP) is 1.78. The molecule has 72 valence electrons. The highest BCUT2D eigenvalue weighted by atomic mass is 16.4. The average molecular weight is 182 g/mol. The van der Waals surface area contributed by atoms with Crippen LogP contribution in [0.3, 0.4) is 0 Å². The lowest BCUT2D eigenvalue weighted by atomic mass is 9.91. The SMILES string of the molecule is O=C(O)CC(=O)CC1C=CCCC1. The van der Waals surface area contributed by atoms with E-state index in [0.717, 1.165) is 19.3 Å². The molecule has 0 aromatic carbocycles. The molecule has 3 nitrogen and oxygen atoms in total. The van der Waals surface area contributed by atoms with Crippen LogP contribution in [0.25, 0.3) is 0 Å². The lowest BCUT2D eigenvalue weighted by Crippen LogP contribution is -2.12. The Morgan fingerprint density at radius 2 is 2.23 bits per heavy atom. The second kappa shape index (κ2) is 4.80. The molecule has 0 aliphatic heterocycles. The van der Waals surface area contributed by atoms with Gasteiger partial charge >= 0.3 is 5.97 Å². The normalized spacial score (nSPS) is 21.4. The maximum absolute atomic E-state index is 11.1. The molecule has 0 aromatic rings. The largest absolute Gasteiger partial charge is 0.481 e. The van der Waals surface area contributed by atoms with Crippen LogP contribution in [0, 0.1) is 5.92 Å². The van der Waals surface area contributed by atoms with E-state index in [2.05, 4.69) is 6.08 Å². The van der Waals surface area contributed by atoms with Gasteiger partial charge in [0.05, 0.1) is 0 Å². The smallest absolute Gasteiger partial charge is 0.310 e. The molecule has 1 aliphatic rings. The first-order valence-electron chi connectivity index (χ1n) is 4.58. The first kappa shape index (κ1) is 9.96. The number of carboxylic acid groups (broad SMARTS) is 1. The molecule has 1 unspecified atom stereocenters. The lowest BCUT2D eigenvalue weighted by molar-refractivity contribution is -0.140. The summed E-state index contributed by atoms with van der Waals surface area (Å²) in [5, 5.41) is 8.37. The van der Waals surface area contributed by atoms with Gasteiger partial charge in [-0.3, -0.25) is 9.59 Å². The quantitative estimate of drug-likeness (QED) is 0.532. The molecule has 1 atom stereocenters. The van der Waals surface area contributed by atoms with Crippen LogP contribution in [0.1, 0.15) is 32.1 Å². The number of carbonyl (C=O) groups is 2. The van der Waals surface area contributed by atoms with Crippen LogP contribution < -0.4 is 0 Å². The van der Waals surface area contributed by atoms with Gasteiger partial charge in [-0.25, -0.2) is 0 Å². The zero-order chi connectivity index (χ0) is 9.68. The van der Waals surface area contributed by atoms with Crippen molar-refractivity contribution in [1.29, 1.82) is 0 Å². The maximum atomic E-state index is 11.1. The fourth-order valence-corrected chi connectivity index (χ4v) is 1.59. The summed E-state index contributed by atoms with van der Waals surface area (Å²) in [6, 6.07) is 0. The molecular weight excluding hydrogens is 168 g/mol. The van der Waals surface area contributed by atoms with E-state index >= 15 is 0 Å². The molecule has 0 fully saturated rings. The van der Waals surface area contributed by atoms with E-state index < -0.39 is 5.97 Å². The number of hydrogen-bond donors (Lipinski definition) is 1. The van der Waals surface area contributed by atoms with Gasteiger partial charge in [0.1, 0.15) is 12.2 Å². The van der Waals surface area contributed by atoms with Crippen molar-refractivity contribution in [2.24, 2.45) is 5.92 Å². The first-order valence-corrected chi connectivity index (χ1v) is 4.58. The van der Waals surface area contributed by atoms with Crippen LogP contribution in [-0.2, 0) is 9.59 Å². The van der Waals surface area contributed by atoms with Gasteiger partial charge < -0.3 is 5.11 Å². The topological polar surface area (TPSA) is 54.4 Å². The minimum atomic E-state index is -1.02. The van der Waals surface area contributed by atoms with Gasteiger partial charge in [-0.15, -0.1) is 0 Å². The van der Waals surface area contributed by atoms with Crippen molar-refractivity contribution in [3.8, 4) is 0 Å². The summed E-state index contributed by atoms with van der Waals surface area (Å²) in [5.74, 6) is -0.908. The van der Waals surface area contributed by atoms with Crippen LogP contribution in [0.4, 0.5) is 0 Å². The van der Waals surface area contributed by atoms with Crippen molar-refractivity contribution in [2.75, 3.05) is 0 Å². The Morgan fingerprint density at radius 1 is 1.46 bits per heavy atom. The van der Waals surface area contributed by atoms with Crippen molar-refractivity contribution in [2.45, 2.75) is 32.1 Å². The minimum Gasteiger partial charge on any atom is -0.481 e. The van der Waals surface area contributed by atoms with E-state index in [-0.39, 0.29) is 18.1 Å². The Balaban J connectivity index is 2.30. The van der Waals surface area contributed by atoms with Crippen LogP contribution >= 0.6 is 0 Å². The number of ketones is 1. The molecular formula is C10H14O3. The minimum absolute atomic E-state index is 0.163. The van der Waals surface area contributed by atoms with Gasteiger partial charge in [0.25, 0.3) is 0 Å². The van der Waals surface area contributed by atoms with E-state index in [1.54, 1.807) is 0 Å². The van der Waals surface area contributed by atoms with Crippen molar-refractivity contribution < 1.29 is 14.7 Å². The molecule has 0 amide bonds. The van der Waals surface area contributed by atoms with Gasteiger partial charge in [-0.1, -0.05) is 12.2 Å². The third kappa shape index (κ3) is 3.87. The van der Waals surface area contributed by atoms with E-state index in [0.29, 0.717) is 6.42 Å². The number of allylic oxidation sites excluding steroid dienone is 2. The summed E-state index contributed by atoms with van der Waals surface area (Å²) in [6.45, 7) is 0. The highest BCUT2D eigenvalue weighted by molar-refractivity contribution is 5.94. The number of hydrogen-bond acceptors (Lipinski definition) is 2. The van der Waals surface area contributed by atoms with Gasteiger partial charge in [-0.2, -0.15) is 0 Å². The van der Waals surface area contributed by atoms with Crippen LogP contribution in [0.5, 0.6) is 0 Å². The van der Waals surface area contributed by atoms with Crippen molar-refractivity contribution in [1.82, 2.24) is 0 Å². The molecule has 0 saturated carbocycles. The molecule has 0 radical (unpaired) electrons. The summed E-state index contributed by atoms with van der Waals surface area (Å²) in [6.07, 6.45) is 7.38. The Hall–Kier alpha value is -1.12. The van der Waals surface area contributed by atoms with Crippen LogP contribution in [-0.4, -0.2) is 16.9 Å². The second-order valence-corrected chi connectivity index (χ2v) is 3.43. The fraction of sp³-hybridized carbons (Fsp3) is 0.600. The molecule has 13 heavy (non-hydrogen) atoms.